The number of carbonyl (C=O) groups is 1. The van der Waals surface area contributed by atoms with Crippen LogP contribution < -0.4 is 5.32 Å². The Morgan fingerprint density at radius 1 is 1.19 bits per heavy atom. The van der Waals surface area contributed by atoms with E-state index in [4.69, 9.17) is 0 Å². The van der Waals surface area contributed by atoms with Crippen molar-refractivity contribution in [3.63, 3.8) is 0 Å². The van der Waals surface area contributed by atoms with Crippen molar-refractivity contribution in [3.8, 4) is 6.07 Å². The molecule has 1 aliphatic rings. The van der Waals surface area contributed by atoms with E-state index in [9.17, 15) is 10.1 Å². The molecule has 134 valence electrons. The summed E-state index contributed by atoms with van der Waals surface area (Å²) in [6, 6.07) is 12.2. The summed E-state index contributed by atoms with van der Waals surface area (Å²) in [5.41, 5.74) is 5.21. The van der Waals surface area contributed by atoms with Crippen LogP contribution in [0.3, 0.4) is 0 Å². The van der Waals surface area contributed by atoms with Gasteiger partial charge in [0.15, 0.2) is 0 Å². The fraction of sp³-hybridized carbons (Fsp3) is 0.364. The summed E-state index contributed by atoms with van der Waals surface area (Å²) in [5.74, 6) is -0.373. The number of hydrogen-bond donors (Lipinski definition) is 1. The Morgan fingerprint density at radius 3 is 2.46 bits per heavy atom. The molecule has 1 amide bonds. The van der Waals surface area contributed by atoms with Gasteiger partial charge in [0.2, 0.25) is 0 Å². The highest BCUT2D eigenvalue weighted by Crippen LogP contribution is 2.33. The number of carbonyl (C=O) groups excluding carboxylic acids is 1. The van der Waals surface area contributed by atoms with Gasteiger partial charge in [0.05, 0.1) is 0 Å². The molecule has 1 fully saturated rings. The lowest BCUT2D eigenvalue weighted by molar-refractivity contribution is -0.112. The van der Waals surface area contributed by atoms with Crippen LogP contribution in [0.5, 0.6) is 0 Å². The van der Waals surface area contributed by atoms with Gasteiger partial charge in [0.25, 0.3) is 5.91 Å². The van der Waals surface area contributed by atoms with Gasteiger partial charge in [-0.3, -0.25) is 4.79 Å². The first-order valence-electron chi connectivity index (χ1n) is 9.18. The maximum Gasteiger partial charge on any atom is 0.266 e. The minimum Gasteiger partial charge on any atom is -0.346 e. The average Bonchev–Trinajstić information content (AvgIpc) is 3.22. The molecular formula is C22H25N3O. The molecule has 0 unspecified atom stereocenters. The Bertz CT molecular complexity index is 875. The van der Waals surface area contributed by atoms with E-state index in [1.165, 1.54) is 31.4 Å². The monoisotopic (exact) mass is 347 g/mol. The predicted octanol–water partition coefficient (Wildman–Crippen LogP) is 5.07. The molecule has 0 atom stereocenters. The molecule has 1 saturated carbocycles. The van der Waals surface area contributed by atoms with Gasteiger partial charge in [0.1, 0.15) is 11.6 Å². The predicted molar refractivity (Wildman–Crippen MR) is 105 cm³/mol. The van der Waals surface area contributed by atoms with Crippen LogP contribution in [0.25, 0.3) is 6.08 Å². The second kappa shape index (κ2) is 7.61. The first-order chi connectivity index (χ1) is 12.5. The molecular weight excluding hydrogens is 322 g/mol. The standard InChI is InChI=1S/C22H25N3O/c1-15-8-10-20(11-9-15)24-22(26)19(14-23)13-18-12-16(2)25(17(18)3)21-6-4-5-7-21/h8-13,21H,4-7H2,1-3H3,(H,24,26)/b19-13-. The topological polar surface area (TPSA) is 57.8 Å². The average molecular weight is 347 g/mol. The maximum atomic E-state index is 12.5. The van der Waals surface area contributed by atoms with E-state index in [-0.39, 0.29) is 11.5 Å². The van der Waals surface area contributed by atoms with Crippen molar-refractivity contribution in [3.05, 3.63) is 58.4 Å². The van der Waals surface area contributed by atoms with Crippen LogP contribution in [0.1, 0.15) is 54.2 Å². The number of hydrogen-bond acceptors (Lipinski definition) is 2. The number of anilines is 1. The number of benzene rings is 1. The smallest absolute Gasteiger partial charge is 0.266 e. The number of aromatic nitrogens is 1. The minimum atomic E-state index is -0.373. The molecule has 0 bridgehead atoms. The Hall–Kier alpha value is -2.80. The van der Waals surface area contributed by atoms with Crippen molar-refractivity contribution in [2.45, 2.75) is 52.5 Å². The van der Waals surface area contributed by atoms with Crippen LogP contribution in [0.4, 0.5) is 5.69 Å². The fourth-order valence-corrected chi connectivity index (χ4v) is 3.81. The molecule has 0 radical (unpaired) electrons. The van der Waals surface area contributed by atoms with Gasteiger partial charge in [-0.2, -0.15) is 5.26 Å². The van der Waals surface area contributed by atoms with E-state index in [2.05, 4.69) is 29.8 Å². The van der Waals surface area contributed by atoms with Crippen molar-refractivity contribution in [1.82, 2.24) is 4.57 Å². The largest absolute Gasteiger partial charge is 0.346 e. The van der Waals surface area contributed by atoms with Crippen LogP contribution in [0.15, 0.2) is 35.9 Å². The van der Waals surface area contributed by atoms with E-state index in [1.54, 1.807) is 6.08 Å². The van der Waals surface area contributed by atoms with E-state index in [0.717, 1.165) is 16.8 Å². The Balaban J connectivity index is 1.84. The number of nitrogens with one attached hydrogen (secondary N) is 1. The lowest BCUT2D eigenvalue weighted by Gasteiger charge is -2.17. The van der Waals surface area contributed by atoms with E-state index >= 15 is 0 Å². The van der Waals surface area contributed by atoms with Gasteiger partial charge in [-0.25, -0.2) is 0 Å². The summed E-state index contributed by atoms with van der Waals surface area (Å²) in [4.78, 5) is 12.5. The van der Waals surface area contributed by atoms with E-state index in [1.807, 2.05) is 37.3 Å². The second-order valence-electron chi connectivity index (χ2n) is 7.12. The highest BCUT2D eigenvalue weighted by Gasteiger charge is 2.21. The van der Waals surface area contributed by atoms with Gasteiger partial charge >= 0.3 is 0 Å². The molecule has 1 heterocycles. The van der Waals surface area contributed by atoms with E-state index in [0.29, 0.717) is 11.7 Å². The molecule has 4 nitrogen and oxygen atoms in total. The Kier molecular flexibility index (Phi) is 5.27. The summed E-state index contributed by atoms with van der Waals surface area (Å²) in [5, 5.41) is 12.3. The molecule has 4 heteroatoms. The van der Waals surface area contributed by atoms with Crippen LogP contribution in [0.2, 0.25) is 0 Å². The first kappa shape index (κ1) is 18.0. The first-order valence-corrected chi connectivity index (χ1v) is 9.18. The molecule has 1 aromatic carbocycles. The summed E-state index contributed by atoms with van der Waals surface area (Å²) >= 11 is 0. The third kappa shape index (κ3) is 3.72. The second-order valence-corrected chi connectivity index (χ2v) is 7.12. The van der Waals surface area contributed by atoms with Gasteiger partial charge in [0, 0.05) is 23.1 Å². The molecule has 1 aromatic heterocycles. The fourth-order valence-electron chi connectivity index (χ4n) is 3.81. The minimum absolute atomic E-state index is 0.122. The summed E-state index contributed by atoms with van der Waals surface area (Å²) in [6.45, 7) is 6.16. The molecule has 1 aliphatic carbocycles. The molecule has 2 aromatic rings. The number of rotatable bonds is 4. The Labute approximate surface area is 155 Å². The van der Waals surface area contributed by atoms with Gasteiger partial charge < -0.3 is 9.88 Å². The summed E-state index contributed by atoms with van der Waals surface area (Å²) < 4.78 is 2.37. The maximum absolute atomic E-state index is 12.5. The van der Waals surface area contributed by atoms with Gasteiger partial charge in [-0.1, -0.05) is 30.5 Å². The number of nitriles is 1. The summed E-state index contributed by atoms with van der Waals surface area (Å²) in [7, 11) is 0. The summed E-state index contributed by atoms with van der Waals surface area (Å²) in [6.07, 6.45) is 6.67. The molecule has 0 spiro atoms. The van der Waals surface area contributed by atoms with Crippen LogP contribution in [-0.2, 0) is 4.79 Å². The molecule has 26 heavy (non-hydrogen) atoms. The highest BCUT2D eigenvalue weighted by atomic mass is 16.1. The zero-order valence-corrected chi connectivity index (χ0v) is 15.7. The third-order valence-electron chi connectivity index (χ3n) is 5.19. The lowest BCUT2D eigenvalue weighted by atomic mass is 10.1. The van der Waals surface area contributed by atoms with Gasteiger partial charge in [-0.15, -0.1) is 0 Å². The zero-order chi connectivity index (χ0) is 18.7. The van der Waals surface area contributed by atoms with Crippen LogP contribution in [0, 0.1) is 32.1 Å². The zero-order valence-electron chi connectivity index (χ0n) is 15.7. The normalized spacial score (nSPS) is 15.1. The van der Waals surface area contributed by atoms with Gasteiger partial charge in [-0.05, 0) is 63.5 Å². The number of nitrogens with zero attached hydrogens (tertiary/aromatic N) is 2. The van der Waals surface area contributed by atoms with Crippen molar-refractivity contribution >= 4 is 17.7 Å². The molecule has 0 aliphatic heterocycles. The highest BCUT2D eigenvalue weighted by molar-refractivity contribution is 6.09. The van der Waals surface area contributed by atoms with Crippen LogP contribution in [-0.4, -0.2) is 10.5 Å². The molecule has 1 N–H and O–H groups in total. The van der Waals surface area contributed by atoms with Crippen LogP contribution >= 0.6 is 0 Å². The Morgan fingerprint density at radius 2 is 1.85 bits per heavy atom. The van der Waals surface area contributed by atoms with Crippen molar-refractivity contribution < 1.29 is 4.79 Å². The van der Waals surface area contributed by atoms with E-state index < -0.39 is 0 Å². The van der Waals surface area contributed by atoms with Crippen molar-refractivity contribution in [2.75, 3.05) is 5.32 Å². The quantitative estimate of drug-likeness (QED) is 0.620. The molecule has 3 rings (SSSR count). The van der Waals surface area contributed by atoms with Crippen molar-refractivity contribution in [2.24, 2.45) is 0 Å². The van der Waals surface area contributed by atoms with Crippen molar-refractivity contribution in [1.29, 1.82) is 5.26 Å². The number of aryl methyl sites for hydroxylation is 2. The third-order valence-corrected chi connectivity index (χ3v) is 5.19. The SMILES string of the molecule is Cc1ccc(NC(=O)/C(C#N)=C\c2cc(C)n(C3CCCC3)c2C)cc1. The lowest BCUT2D eigenvalue weighted by Crippen LogP contribution is -2.13. The number of amides is 1. The molecule has 0 saturated heterocycles.